The molecular formula is C26H36ClN3O4S. The lowest BCUT2D eigenvalue weighted by Crippen LogP contribution is -2.49. The van der Waals surface area contributed by atoms with Gasteiger partial charge in [-0.05, 0) is 68.5 Å². The van der Waals surface area contributed by atoms with Gasteiger partial charge in [-0.15, -0.1) is 0 Å². The first-order valence-electron chi connectivity index (χ1n) is 11.8. The van der Waals surface area contributed by atoms with Crippen molar-refractivity contribution in [1.29, 1.82) is 0 Å². The highest BCUT2D eigenvalue weighted by atomic mass is 35.5. The normalized spacial score (nSPS) is 12.2. The molecule has 1 atom stereocenters. The SMILES string of the molecule is CCNC(=O)C(CC)N(Cc1ccc(Cl)cc1)C(=O)CCCN(c1cc(C)ccc1C)S(C)(=O)=O. The molecule has 0 bridgehead atoms. The van der Waals surface area contributed by atoms with E-state index in [-0.39, 0.29) is 31.3 Å². The van der Waals surface area contributed by atoms with Crippen LogP contribution in [0.25, 0.3) is 0 Å². The van der Waals surface area contributed by atoms with E-state index in [0.717, 1.165) is 16.7 Å². The van der Waals surface area contributed by atoms with Gasteiger partial charge in [0.15, 0.2) is 0 Å². The Kier molecular flexibility index (Phi) is 10.6. The van der Waals surface area contributed by atoms with Crippen molar-refractivity contribution >= 4 is 39.1 Å². The van der Waals surface area contributed by atoms with Crippen LogP contribution in [0.2, 0.25) is 5.02 Å². The summed E-state index contributed by atoms with van der Waals surface area (Å²) in [7, 11) is -3.54. The number of sulfonamides is 1. The summed E-state index contributed by atoms with van der Waals surface area (Å²) >= 11 is 6.00. The Labute approximate surface area is 214 Å². The summed E-state index contributed by atoms with van der Waals surface area (Å²) in [5.41, 5.74) is 3.28. The number of carbonyl (C=O) groups is 2. The highest BCUT2D eigenvalue weighted by molar-refractivity contribution is 7.92. The van der Waals surface area contributed by atoms with Gasteiger partial charge in [0.25, 0.3) is 0 Å². The number of hydrogen-bond donors (Lipinski definition) is 1. The van der Waals surface area contributed by atoms with Gasteiger partial charge in [0, 0.05) is 31.1 Å². The van der Waals surface area contributed by atoms with Gasteiger partial charge in [-0.1, -0.05) is 42.8 Å². The van der Waals surface area contributed by atoms with E-state index in [9.17, 15) is 18.0 Å². The van der Waals surface area contributed by atoms with Crippen molar-refractivity contribution in [3.8, 4) is 0 Å². The fraction of sp³-hybridized carbons (Fsp3) is 0.462. The molecule has 192 valence electrons. The minimum Gasteiger partial charge on any atom is -0.355 e. The van der Waals surface area contributed by atoms with Crippen LogP contribution >= 0.6 is 11.6 Å². The number of aryl methyl sites for hydroxylation is 2. The fourth-order valence-electron chi connectivity index (χ4n) is 3.97. The molecule has 0 aliphatic rings. The maximum atomic E-state index is 13.4. The van der Waals surface area contributed by atoms with Gasteiger partial charge in [0.2, 0.25) is 21.8 Å². The number of nitrogens with zero attached hydrogens (tertiary/aromatic N) is 2. The molecule has 2 rings (SSSR count). The number of carbonyl (C=O) groups excluding carboxylic acids is 2. The van der Waals surface area contributed by atoms with Crippen LogP contribution in [0.3, 0.4) is 0 Å². The largest absolute Gasteiger partial charge is 0.355 e. The zero-order valence-corrected chi connectivity index (χ0v) is 22.7. The molecule has 0 spiro atoms. The van der Waals surface area contributed by atoms with E-state index in [1.165, 1.54) is 10.6 Å². The Balaban J connectivity index is 2.23. The minimum absolute atomic E-state index is 0.111. The third kappa shape index (κ3) is 8.25. The second-order valence-corrected chi connectivity index (χ2v) is 11.0. The van der Waals surface area contributed by atoms with Gasteiger partial charge < -0.3 is 10.2 Å². The first-order valence-corrected chi connectivity index (χ1v) is 14.1. The molecular weight excluding hydrogens is 486 g/mol. The lowest BCUT2D eigenvalue weighted by molar-refractivity contribution is -0.141. The van der Waals surface area contributed by atoms with Crippen LogP contribution in [0.15, 0.2) is 42.5 Å². The average molecular weight is 522 g/mol. The number of hydrogen-bond acceptors (Lipinski definition) is 4. The first-order chi connectivity index (χ1) is 16.5. The maximum absolute atomic E-state index is 13.4. The molecule has 0 heterocycles. The molecule has 0 aliphatic carbocycles. The zero-order chi connectivity index (χ0) is 26.2. The highest BCUT2D eigenvalue weighted by Crippen LogP contribution is 2.25. The molecule has 0 saturated heterocycles. The predicted molar refractivity (Wildman–Crippen MR) is 142 cm³/mol. The van der Waals surface area contributed by atoms with Crippen molar-refractivity contribution in [3.63, 3.8) is 0 Å². The Morgan fingerprint density at radius 1 is 1.06 bits per heavy atom. The number of halogens is 1. The van der Waals surface area contributed by atoms with Gasteiger partial charge in [0.1, 0.15) is 6.04 Å². The van der Waals surface area contributed by atoms with Crippen molar-refractivity contribution in [2.45, 2.75) is 59.5 Å². The molecule has 7 nitrogen and oxygen atoms in total. The summed E-state index contributed by atoms with van der Waals surface area (Å²) in [4.78, 5) is 27.7. The summed E-state index contributed by atoms with van der Waals surface area (Å²) in [5, 5.41) is 3.40. The van der Waals surface area contributed by atoms with Crippen molar-refractivity contribution in [2.75, 3.05) is 23.7 Å². The van der Waals surface area contributed by atoms with Gasteiger partial charge in [0.05, 0.1) is 11.9 Å². The van der Waals surface area contributed by atoms with Crippen LogP contribution in [-0.2, 0) is 26.2 Å². The fourth-order valence-corrected chi connectivity index (χ4v) is 5.11. The van der Waals surface area contributed by atoms with E-state index in [4.69, 9.17) is 11.6 Å². The van der Waals surface area contributed by atoms with Gasteiger partial charge >= 0.3 is 0 Å². The van der Waals surface area contributed by atoms with Crippen LogP contribution in [0.1, 0.15) is 49.8 Å². The molecule has 2 amide bonds. The second-order valence-electron chi connectivity index (χ2n) is 8.70. The number of likely N-dealkylation sites (N-methyl/N-ethyl adjacent to an activating group) is 1. The zero-order valence-electron chi connectivity index (χ0n) is 21.2. The molecule has 2 aromatic rings. The Morgan fingerprint density at radius 3 is 2.29 bits per heavy atom. The van der Waals surface area contributed by atoms with Crippen molar-refractivity contribution in [2.24, 2.45) is 0 Å². The lowest BCUT2D eigenvalue weighted by atomic mass is 10.1. The standard InChI is InChI=1S/C26H36ClN3O4S/c1-6-23(26(32)28-7-2)29(18-21-12-14-22(27)15-13-21)25(31)9-8-16-30(35(5,33)34)24-17-19(3)10-11-20(24)4/h10-15,17,23H,6-9,16,18H2,1-5H3,(H,28,32). The van der Waals surface area contributed by atoms with E-state index < -0.39 is 16.1 Å². The predicted octanol–water partition coefficient (Wildman–Crippen LogP) is 4.45. The minimum atomic E-state index is -3.54. The average Bonchev–Trinajstić information content (AvgIpc) is 2.79. The van der Waals surface area contributed by atoms with Gasteiger partial charge in [-0.2, -0.15) is 0 Å². The Hall–Kier alpha value is -2.58. The number of benzene rings is 2. The summed E-state index contributed by atoms with van der Waals surface area (Å²) in [6.07, 6.45) is 2.07. The molecule has 0 aromatic heterocycles. The quantitative estimate of drug-likeness (QED) is 0.447. The van der Waals surface area contributed by atoms with E-state index in [0.29, 0.717) is 30.1 Å². The molecule has 35 heavy (non-hydrogen) atoms. The van der Waals surface area contributed by atoms with Crippen LogP contribution in [0.5, 0.6) is 0 Å². The van der Waals surface area contributed by atoms with E-state index in [1.807, 2.05) is 58.0 Å². The van der Waals surface area contributed by atoms with E-state index in [1.54, 1.807) is 17.0 Å². The third-order valence-electron chi connectivity index (χ3n) is 5.79. The van der Waals surface area contributed by atoms with Gasteiger partial charge in [-0.25, -0.2) is 8.42 Å². The highest BCUT2D eigenvalue weighted by Gasteiger charge is 2.28. The number of rotatable bonds is 12. The molecule has 0 aliphatic heterocycles. The second kappa shape index (κ2) is 12.9. The molecule has 0 radical (unpaired) electrons. The van der Waals surface area contributed by atoms with E-state index in [2.05, 4.69) is 5.32 Å². The molecule has 2 aromatic carbocycles. The van der Waals surface area contributed by atoms with Crippen LogP contribution in [0.4, 0.5) is 5.69 Å². The Bertz CT molecular complexity index is 1120. The van der Waals surface area contributed by atoms with Crippen LogP contribution in [-0.4, -0.2) is 50.5 Å². The van der Waals surface area contributed by atoms with Crippen molar-refractivity contribution in [3.05, 3.63) is 64.2 Å². The smallest absolute Gasteiger partial charge is 0.242 e. The molecule has 9 heteroatoms. The van der Waals surface area contributed by atoms with E-state index >= 15 is 0 Å². The third-order valence-corrected chi connectivity index (χ3v) is 7.22. The number of anilines is 1. The first kappa shape index (κ1) is 28.7. The monoisotopic (exact) mass is 521 g/mol. The van der Waals surface area contributed by atoms with Crippen LogP contribution < -0.4 is 9.62 Å². The summed E-state index contributed by atoms with van der Waals surface area (Å²) in [5.74, 6) is -0.405. The summed E-state index contributed by atoms with van der Waals surface area (Å²) < 4.78 is 26.5. The molecule has 1 unspecified atom stereocenters. The maximum Gasteiger partial charge on any atom is 0.242 e. The number of amides is 2. The Morgan fingerprint density at radius 2 is 1.71 bits per heavy atom. The topological polar surface area (TPSA) is 86.8 Å². The van der Waals surface area contributed by atoms with Crippen molar-refractivity contribution < 1.29 is 18.0 Å². The van der Waals surface area contributed by atoms with Crippen molar-refractivity contribution in [1.82, 2.24) is 10.2 Å². The summed E-state index contributed by atoms with van der Waals surface area (Å²) in [6, 6.07) is 12.2. The summed E-state index contributed by atoms with van der Waals surface area (Å²) in [6.45, 7) is 8.38. The van der Waals surface area contributed by atoms with Crippen LogP contribution in [0, 0.1) is 13.8 Å². The number of nitrogens with one attached hydrogen (secondary N) is 1. The van der Waals surface area contributed by atoms with Gasteiger partial charge in [-0.3, -0.25) is 13.9 Å². The molecule has 1 N–H and O–H groups in total. The molecule has 0 fully saturated rings. The molecule has 0 saturated carbocycles. The lowest BCUT2D eigenvalue weighted by Gasteiger charge is -2.31.